The van der Waals surface area contributed by atoms with Crippen molar-refractivity contribution in [3.8, 4) is 0 Å². The van der Waals surface area contributed by atoms with Crippen molar-refractivity contribution in [1.82, 2.24) is 20.1 Å². The molecule has 1 aliphatic rings. The van der Waals surface area contributed by atoms with E-state index in [2.05, 4.69) is 10.3 Å². The Morgan fingerprint density at radius 3 is 2.58 bits per heavy atom. The molecule has 0 unspecified atom stereocenters. The van der Waals surface area contributed by atoms with Gasteiger partial charge in [-0.15, -0.1) is 0 Å². The molecule has 1 aliphatic heterocycles. The van der Waals surface area contributed by atoms with E-state index in [4.69, 9.17) is 4.74 Å². The molecule has 1 aromatic heterocycles. The lowest BCUT2D eigenvalue weighted by Gasteiger charge is -2.32. The van der Waals surface area contributed by atoms with Gasteiger partial charge >= 0.3 is 6.09 Å². The molecule has 0 aliphatic carbocycles. The molecule has 1 saturated heterocycles. The smallest absolute Gasteiger partial charge is 0.408 e. The summed E-state index contributed by atoms with van der Waals surface area (Å²) in [6.07, 6.45) is 3.13. The zero-order valence-corrected chi connectivity index (χ0v) is 19.6. The Balaban J connectivity index is 2.02. The minimum atomic E-state index is -0.748. The van der Waals surface area contributed by atoms with E-state index in [1.807, 2.05) is 32.0 Å². The van der Waals surface area contributed by atoms with Crippen molar-refractivity contribution in [2.75, 3.05) is 20.1 Å². The molecule has 0 spiro atoms. The van der Waals surface area contributed by atoms with Gasteiger partial charge in [0.25, 0.3) is 0 Å². The maximum Gasteiger partial charge on any atom is 0.408 e. The molecule has 31 heavy (non-hydrogen) atoms. The molecule has 3 amide bonds. The molecule has 0 radical (unpaired) electrons. The average Bonchev–Trinajstić information content (AvgIpc) is 3.18. The van der Waals surface area contributed by atoms with E-state index in [1.54, 1.807) is 43.8 Å². The maximum atomic E-state index is 13.3. The van der Waals surface area contributed by atoms with Gasteiger partial charge in [0.2, 0.25) is 11.8 Å². The van der Waals surface area contributed by atoms with Gasteiger partial charge in [-0.2, -0.15) is 0 Å². The van der Waals surface area contributed by atoms with Gasteiger partial charge in [0.05, 0.1) is 0 Å². The standard InChI is InChI=1S/C23H36N4O4/c1-16(2)19(25-22(30)31-23(3,4)5)21(29)27-14-9-11-18(27)20(28)26(6)15-12-17-10-7-8-13-24-17/h7-8,10,13,16,18-19H,9,11-12,14-15H2,1-6H3,(H,25,30)/t18-,19-/m0/s1. The van der Waals surface area contributed by atoms with Crippen LogP contribution >= 0.6 is 0 Å². The van der Waals surface area contributed by atoms with Crippen LogP contribution in [0.3, 0.4) is 0 Å². The van der Waals surface area contributed by atoms with Crippen LogP contribution in [0.5, 0.6) is 0 Å². The molecule has 1 fully saturated rings. The third-order valence-corrected chi connectivity index (χ3v) is 5.23. The number of aromatic nitrogens is 1. The first-order valence-corrected chi connectivity index (χ1v) is 10.9. The van der Waals surface area contributed by atoms with Crippen molar-refractivity contribution in [2.45, 2.75) is 71.6 Å². The highest BCUT2D eigenvalue weighted by Crippen LogP contribution is 2.22. The average molecular weight is 433 g/mol. The molecule has 0 aromatic carbocycles. The van der Waals surface area contributed by atoms with Gasteiger partial charge in [0.1, 0.15) is 17.7 Å². The normalized spacial score (nSPS) is 17.4. The van der Waals surface area contributed by atoms with E-state index < -0.39 is 23.8 Å². The highest BCUT2D eigenvalue weighted by atomic mass is 16.6. The zero-order chi connectivity index (χ0) is 23.2. The molecule has 172 valence electrons. The number of rotatable bonds is 7. The topological polar surface area (TPSA) is 91.8 Å². The predicted molar refractivity (Wildman–Crippen MR) is 118 cm³/mol. The molecule has 2 rings (SSSR count). The van der Waals surface area contributed by atoms with Gasteiger partial charge in [-0.25, -0.2) is 4.79 Å². The van der Waals surface area contributed by atoms with E-state index in [0.29, 0.717) is 25.9 Å². The number of carbonyl (C=O) groups excluding carboxylic acids is 3. The first-order chi connectivity index (χ1) is 14.5. The summed E-state index contributed by atoms with van der Waals surface area (Å²) in [5, 5.41) is 2.70. The van der Waals surface area contributed by atoms with Crippen molar-refractivity contribution in [3.05, 3.63) is 30.1 Å². The Kier molecular flexibility index (Phi) is 8.42. The Morgan fingerprint density at radius 1 is 1.29 bits per heavy atom. The van der Waals surface area contributed by atoms with Crippen LogP contribution in [0.15, 0.2) is 24.4 Å². The van der Waals surface area contributed by atoms with E-state index in [-0.39, 0.29) is 17.7 Å². The van der Waals surface area contributed by atoms with E-state index in [1.165, 1.54) is 0 Å². The van der Waals surface area contributed by atoms with Crippen molar-refractivity contribution in [3.63, 3.8) is 0 Å². The number of alkyl carbamates (subject to hydrolysis) is 1. The summed E-state index contributed by atoms with van der Waals surface area (Å²) < 4.78 is 5.32. The van der Waals surface area contributed by atoms with Crippen LogP contribution in [0.2, 0.25) is 0 Å². The molecule has 2 heterocycles. The first-order valence-electron chi connectivity index (χ1n) is 10.9. The first kappa shape index (κ1) is 24.6. The number of ether oxygens (including phenoxy) is 1. The summed E-state index contributed by atoms with van der Waals surface area (Å²) in [7, 11) is 1.76. The maximum absolute atomic E-state index is 13.3. The Hall–Kier alpha value is -2.64. The van der Waals surface area contributed by atoms with Crippen molar-refractivity contribution in [2.24, 2.45) is 5.92 Å². The summed E-state index contributed by atoms with van der Waals surface area (Å²) in [5.74, 6) is -0.463. The lowest BCUT2D eigenvalue weighted by atomic mass is 10.0. The number of nitrogens with one attached hydrogen (secondary N) is 1. The van der Waals surface area contributed by atoms with Crippen LogP contribution in [-0.2, 0) is 20.7 Å². The number of pyridine rings is 1. The van der Waals surface area contributed by atoms with Crippen LogP contribution in [0.4, 0.5) is 4.79 Å². The second kappa shape index (κ2) is 10.6. The Labute approximate surface area is 185 Å². The SMILES string of the molecule is CC(C)[C@H](NC(=O)OC(C)(C)C)C(=O)N1CCC[C@H]1C(=O)N(C)CCc1ccccn1. The third kappa shape index (κ3) is 7.22. The van der Waals surface area contributed by atoms with Crippen molar-refractivity contribution in [1.29, 1.82) is 0 Å². The van der Waals surface area contributed by atoms with Crippen LogP contribution in [0.25, 0.3) is 0 Å². The number of amides is 3. The van der Waals surface area contributed by atoms with Crippen LogP contribution in [-0.4, -0.2) is 70.5 Å². The third-order valence-electron chi connectivity index (χ3n) is 5.23. The van der Waals surface area contributed by atoms with Crippen LogP contribution in [0.1, 0.15) is 53.2 Å². The summed E-state index contributed by atoms with van der Waals surface area (Å²) in [5.41, 5.74) is 0.264. The molecular weight excluding hydrogens is 396 g/mol. The fraction of sp³-hybridized carbons (Fsp3) is 0.652. The number of nitrogens with zero attached hydrogens (tertiary/aromatic N) is 3. The second-order valence-electron chi connectivity index (χ2n) is 9.39. The molecule has 0 bridgehead atoms. The van der Waals surface area contributed by atoms with Gasteiger partial charge in [0.15, 0.2) is 0 Å². The van der Waals surface area contributed by atoms with E-state index >= 15 is 0 Å². The number of hydrogen-bond acceptors (Lipinski definition) is 5. The van der Waals surface area contributed by atoms with Crippen molar-refractivity contribution >= 4 is 17.9 Å². The highest BCUT2D eigenvalue weighted by Gasteiger charge is 2.40. The van der Waals surface area contributed by atoms with Crippen molar-refractivity contribution < 1.29 is 19.1 Å². The molecule has 8 heteroatoms. The van der Waals surface area contributed by atoms with Gasteiger partial charge in [-0.3, -0.25) is 14.6 Å². The quantitative estimate of drug-likeness (QED) is 0.715. The number of hydrogen-bond donors (Lipinski definition) is 1. The zero-order valence-electron chi connectivity index (χ0n) is 19.6. The fourth-order valence-electron chi connectivity index (χ4n) is 3.61. The van der Waals surface area contributed by atoms with Gasteiger partial charge in [0, 0.05) is 38.4 Å². The molecule has 8 nitrogen and oxygen atoms in total. The monoisotopic (exact) mass is 432 g/mol. The van der Waals surface area contributed by atoms with Gasteiger partial charge in [-0.1, -0.05) is 19.9 Å². The molecule has 1 N–H and O–H groups in total. The Bertz CT molecular complexity index is 761. The number of likely N-dealkylation sites (tertiary alicyclic amines) is 1. The predicted octanol–water partition coefficient (Wildman–Crippen LogP) is 2.62. The highest BCUT2D eigenvalue weighted by molar-refractivity contribution is 5.92. The van der Waals surface area contributed by atoms with Crippen LogP contribution in [0, 0.1) is 5.92 Å². The second-order valence-corrected chi connectivity index (χ2v) is 9.39. The van der Waals surface area contributed by atoms with Gasteiger partial charge < -0.3 is 19.9 Å². The molecule has 2 atom stereocenters. The number of carbonyl (C=O) groups is 3. The van der Waals surface area contributed by atoms with E-state index in [9.17, 15) is 14.4 Å². The lowest BCUT2D eigenvalue weighted by molar-refractivity contribution is -0.144. The van der Waals surface area contributed by atoms with Gasteiger partial charge in [-0.05, 0) is 51.7 Å². The minimum Gasteiger partial charge on any atom is -0.444 e. The summed E-state index contributed by atoms with van der Waals surface area (Å²) >= 11 is 0. The Morgan fingerprint density at radius 2 is 2.00 bits per heavy atom. The molecule has 1 aromatic rings. The number of likely N-dealkylation sites (N-methyl/N-ethyl adjacent to an activating group) is 1. The summed E-state index contributed by atoms with van der Waals surface area (Å²) in [6, 6.07) is 4.45. The molecular formula is C23H36N4O4. The van der Waals surface area contributed by atoms with Crippen LogP contribution < -0.4 is 5.32 Å². The summed E-state index contributed by atoms with van der Waals surface area (Å²) in [6.45, 7) is 10.1. The van der Waals surface area contributed by atoms with E-state index in [0.717, 1.165) is 12.1 Å². The fourth-order valence-corrected chi connectivity index (χ4v) is 3.61. The minimum absolute atomic E-state index is 0.0819. The molecule has 0 saturated carbocycles. The summed E-state index contributed by atoms with van der Waals surface area (Å²) in [4.78, 5) is 46.2. The largest absolute Gasteiger partial charge is 0.444 e. The lowest BCUT2D eigenvalue weighted by Crippen LogP contribution is -2.55.